The van der Waals surface area contributed by atoms with Crippen LogP contribution in [-0.4, -0.2) is 44.2 Å². The number of pyridine rings is 1. The zero-order valence-electron chi connectivity index (χ0n) is 21.7. The number of aliphatic hydroxyl groups is 2. The molecule has 0 radical (unpaired) electrons. The fourth-order valence-corrected chi connectivity index (χ4v) is 9.67. The van der Waals surface area contributed by atoms with Gasteiger partial charge in [0, 0.05) is 28.3 Å². The molecule has 0 saturated heterocycles. The van der Waals surface area contributed by atoms with E-state index in [9.17, 15) is 19.8 Å². The zero-order chi connectivity index (χ0) is 26.2. The maximum absolute atomic E-state index is 13.9. The molecule has 2 aromatic rings. The maximum Gasteiger partial charge on any atom is 0.178 e. The zero-order valence-corrected chi connectivity index (χ0v) is 22.5. The third-order valence-electron chi connectivity index (χ3n) is 10.5. The van der Waals surface area contributed by atoms with Crippen molar-refractivity contribution >= 4 is 34.1 Å². The Kier molecular flexibility index (Phi) is 5.83. The van der Waals surface area contributed by atoms with Gasteiger partial charge in [-0.1, -0.05) is 68.4 Å². The number of ketones is 2. The van der Waals surface area contributed by atoms with E-state index in [4.69, 9.17) is 0 Å². The highest BCUT2D eigenvalue weighted by Crippen LogP contribution is 2.68. The lowest BCUT2D eigenvalue weighted by Crippen LogP contribution is -2.62. The van der Waals surface area contributed by atoms with Crippen molar-refractivity contribution in [1.29, 1.82) is 0 Å². The van der Waals surface area contributed by atoms with Crippen LogP contribution in [0.25, 0.3) is 10.8 Å². The number of hydrogen-bond acceptors (Lipinski definition) is 6. The van der Waals surface area contributed by atoms with E-state index >= 15 is 0 Å². The lowest BCUT2D eigenvalue weighted by molar-refractivity contribution is -0.179. The van der Waals surface area contributed by atoms with Crippen LogP contribution in [0.15, 0.2) is 65.4 Å². The van der Waals surface area contributed by atoms with Gasteiger partial charge in [-0.3, -0.25) is 9.59 Å². The Morgan fingerprint density at radius 1 is 1.22 bits per heavy atom. The quantitative estimate of drug-likeness (QED) is 0.546. The summed E-state index contributed by atoms with van der Waals surface area (Å²) in [5.41, 5.74) is -1.46. The van der Waals surface area contributed by atoms with Crippen LogP contribution in [0.1, 0.15) is 46.5 Å². The Hall–Kier alpha value is -2.28. The number of fused-ring (bicyclic) bond motifs is 6. The van der Waals surface area contributed by atoms with E-state index in [1.54, 1.807) is 18.3 Å². The first-order chi connectivity index (χ1) is 17.6. The molecule has 1 aromatic carbocycles. The van der Waals surface area contributed by atoms with Crippen molar-refractivity contribution in [3.05, 3.63) is 60.3 Å². The van der Waals surface area contributed by atoms with Crippen LogP contribution in [0.2, 0.25) is 0 Å². The van der Waals surface area contributed by atoms with Gasteiger partial charge in [-0.15, -0.1) is 0 Å². The van der Waals surface area contributed by atoms with Crippen molar-refractivity contribution in [2.45, 2.75) is 63.2 Å². The van der Waals surface area contributed by atoms with Gasteiger partial charge < -0.3 is 10.2 Å². The van der Waals surface area contributed by atoms with E-state index in [0.29, 0.717) is 6.42 Å². The number of hydrogen-bond donors (Lipinski definition) is 2. The predicted molar refractivity (Wildman–Crippen MR) is 145 cm³/mol. The highest BCUT2D eigenvalue weighted by Gasteiger charge is 2.70. The maximum atomic E-state index is 13.9. The first kappa shape index (κ1) is 25.0. The average molecular weight is 518 g/mol. The molecule has 8 atom stereocenters. The summed E-state index contributed by atoms with van der Waals surface area (Å²) >= 11 is 1.39. The Morgan fingerprint density at radius 2 is 2.00 bits per heavy atom. The number of aliphatic hydroxyl groups excluding tert-OH is 1. The molecule has 194 valence electrons. The second-order valence-corrected chi connectivity index (χ2v) is 13.1. The molecule has 6 heteroatoms. The van der Waals surface area contributed by atoms with Gasteiger partial charge in [0.1, 0.15) is 10.6 Å². The number of Topliss-reactive ketones (excluding diaryl/α,β-unsaturated/α-hetero) is 1. The Balaban J connectivity index is 1.29. The van der Waals surface area contributed by atoms with Gasteiger partial charge in [0.15, 0.2) is 11.6 Å². The molecule has 2 N–H and O–H groups in total. The average Bonchev–Trinajstić information content (AvgIpc) is 3.08. The van der Waals surface area contributed by atoms with Crippen LogP contribution < -0.4 is 0 Å². The van der Waals surface area contributed by atoms with Crippen LogP contribution in [-0.2, 0) is 9.59 Å². The summed E-state index contributed by atoms with van der Waals surface area (Å²) in [5.74, 6) is 0.100. The van der Waals surface area contributed by atoms with Gasteiger partial charge in [-0.05, 0) is 67.0 Å². The van der Waals surface area contributed by atoms with Crippen molar-refractivity contribution in [1.82, 2.24) is 4.98 Å². The molecule has 3 saturated carbocycles. The number of aromatic nitrogens is 1. The first-order valence-electron chi connectivity index (χ1n) is 13.4. The summed E-state index contributed by atoms with van der Waals surface area (Å²) in [5, 5.41) is 26.8. The molecule has 1 heterocycles. The Bertz CT molecular complexity index is 1350. The van der Waals surface area contributed by atoms with Crippen molar-refractivity contribution in [3.8, 4) is 0 Å². The fraction of sp³-hybridized carbons (Fsp3) is 0.516. The first-order valence-corrected chi connectivity index (χ1v) is 14.4. The lowest BCUT2D eigenvalue weighted by Gasteiger charge is -2.59. The van der Waals surface area contributed by atoms with Gasteiger partial charge in [0.25, 0.3) is 0 Å². The second kappa shape index (κ2) is 8.62. The highest BCUT2D eigenvalue weighted by atomic mass is 32.2. The SMILES string of the molecule is C[C@@H]1C[C@H]2[C@@H]3CCC4=CC(=O)C=C[C@]4(C)[C@H]3[C@@H](O)C[C@]2(C)[C@@]1(O)C(=O)CSc1nccc2ccccc12. The third-order valence-corrected chi connectivity index (χ3v) is 11.5. The molecule has 5 nitrogen and oxygen atoms in total. The fourth-order valence-electron chi connectivity index (χ4n) is 8.70. The van der Waals surface area contributed by atoms with Gasteiger partial charge in [0.05, 0.1) is 11.9 Å². The molecule has 0 bridgehead atoms. The number of thioether (sulfide) groups is 1. The van der Waals surface area contributed by atoms with Crippen molar-refractivity contribution < 1.29 is 19.8 Å². The summed E-state index contributed by atoms with van der Waals surface area (Å²) in [6.45, 7) is 6.18. The minimum absolute atomic E-state index is 0.0196. The number of allylic oxidation sites excluding steroid dienone is 4. The minimum atomic E-state index is -1.50. The molecule has 4 aliphatic carbocycles. The van der Waals surface area contributed by atoms with Crippen molar-refractivity contribution in [2.24, 2.45) is 34.5 Å². The van der Waals surface area contributed by atoms with Crippen LogP contribution >= 0.6 is 11.8 Å². The molecular formula is C31H35NO4S. The summed E-state index contributed by atoms with van der Waals surface area (Å²) < 4.78 is 0. The van der Waals surface area contributed by atoms with E-state index in [2.05, 4.69) is 11.9 Å². The van der Waals surface area contributed by atoms with Gasteiger partial charge >= 0.3 is 0 Å². The molecule has 0 aliphatic heterocycles. The standard InChI is InChI=1S/C31H35NO4S/c1-18-14-24-23-9-8-20-15-21(33)10-12-29(20,2)27(23)25(34)16-30(24,3)31(18,36)26(35)17-37-28-22-7-5-4-6-19(22)11-13-32-28/h4-7,10-13,15,18,23-25,27,34,36H,8-9,14,16-17H2,1-3H3/t18-,23+,24+,25+,27-,29+,30+,31+/m1/s1. The van der Waals surface area contributed by atoms with Gasteiger partial charge in [-0.2, -0.15) is 0 Å². The molecular weight excluding hydrogens is 482 g/mol. The van der Waals surface area contributed by atoms with Crippen LogP contribution in [0.3, 0.4) is 0 Å². The van der Waals surface area contributed by atoms with Crippen LogP contribution in [0.4, 0.5) is 0 Å². The predicted octanol–water partition coefficient (Wildman–Crippen LogP) is 5.15. The molecule has 4 aliphatic rings. The molecule has 1 aromatic heterocycles. The third kappa shape index (κ3) is 3.48. The monoisotopic (exact) mass is 517 g/mol. The number of benzene rings is 1. The van der Waals surface area contributed by atoms with Crippen LogP contribution in [0.5, 0.6) is 0 Å². The van der Waals surface area contributed by atoms with Gasteiger partial charge in [-0.25, -0.2) is 4.98 Å². The number of rotatable bonds is 4. The van der Waals surface area contributed by atoms with Crippen molar-refractivity contribution in [3.63, 3.8) is 0 Å². The lowest BCUT2D eigenvalue weighted by atomic mass is 9.46. The summed E-state index contributed by atoms with van der Waals surface area (Å²) in [6, 6.07) is 9.96. The Morgan fingerprint density at radius 3 is 2.81 bits per heavy atom. The smallest absolute Gasteiger partial charge is 0.178 e. The summed E-state index contributed by atoms with van der Waals surface area (Å²) in [7, 11) is 0. The normalized spacial score (nSPS) is 40.6. The summed E-state index contributed by atoms with van der Waals surface area (Å²) in [6.07, 6.45) is 9.33. The van der Waals surface area contributed by atoms with Crippen molar-refractivity contribution in [2.75, 3.05) is 5.75 Å². The largest absolute Gasteiger partial charge is 0.393 e. The molecule has 0 unspecified atom stereocenters. The molecule has 6 rings (SSSR count). The highest BCUT2D eigenvalue weighted by molar-refractivity contribution is 8.00. The van der Waals surface area contributed by atoms with E-state index < -0.39 is 17.1 Å². The molecule has 0 spiro atoms. The molecule has 0 amide bonds. The topological polar surface area (TPSA) is 87.5 Å². The second-order valence-electron chi connectivity index (χ2n) is 12.2. The number of carbonyl (C=O) groups excluding carboxylic acids is 2. The van der Waals surface area contributed by atoms with E-state index in [-0.39, 0.29) is 46.4 Å². The van der Waals surface area contributed by atoms with E-state index in [0.717, 1.165) is 40.6 Å². The summed E-state index contributed by atoms with van der Waals surface area (Å²) in [4.78, 5) is 30.5. The Labute approximate surface area is 222 Å². The van der Waals surface area contributed by atoms with Crippen LogP contribution in [0, 0.1) is 34.5 Å². The number of carbonyl (C=O) groups is 2. The molecule has 3 fully saturated rings. The van der Waals surface area contributed by atoms with Gasteiger partial charge in [0.2, 0.25) is 0 Å². The number of nitrogens with zero attached hydrogens (tertiary/aromatic N) is 1. The molecule has 37 heavy (non-hydrogen) atoms. The minimum Gasteiger partial charge on any atom is -0.393 e. The van der Waals surface area contributed by atoms with E-state index in [1.807, 2.05) is 50.3 Å². The van der Waals surface area contributed by atoms with E-state index in [1.165, 1.54) is 11.8 Å².